The molecule has 0 bridgehead atoms. The molecule has 0 amide bonds. The Hall–Kier alpha value is -4.95. The molecule has 2 heterocycles. The first kappa shape index (κ1) is 23.0. The summed E-state index contributed by atoms with van der Waals surface area (Å²) in [6.45, 7) is 4.68. The van der Waals surface area contributed by atoms with Crippen LogP contribution in [0.4, 0.5) is 0 Å². The minimum Gasteiger partial charge on any atom is -0.307 e. The third-order valence-electron chi connectivity index (χ3n) is 8.71. The largest absolute Gasteiger partial charge is 0.307 e. The molecule has 1 aliphatic carbocycles. The maximum absolute atomic E-state index is 4.43. The van der Waals surface area contributed by atoms with Gasteiger partial charge in [-0.3, -0.25) is 4.98 Å². The van der Waals surface area contributed by atoms with Crippen LogP contribution in [-0.4, -0.2) is 9.55 Å². The predicted octanol–water partition coefficient (Wildman–Crippen LogP) is 9.82. The van der Waals surface area contributed by atoms with Gasteiger partial charge in [-0.2, -0.15) is 0 Å². The van der Waals surface area contributed by atoms with Gasteiger partial charge in [0.25, 0.3) is 0 Å². The lowest BCUT2D eigenvalue weighted by atomic mass is 9.81. The fourth-order valence-corrected chi connectivity index (χ4v) is 6.73. The highest BCUT2D eigenvalue weighted by molar-refractivity contribution is 6.13. The van der Waals surface area contributed by atoms with E-state index >= 15 is 0 Å². The Morgan fingerprint density at radius 3 is 2.10 bits per heavy atom. The van der Waals surface area contributed by atoms with Crippen molar-refractivity contribution in [3.63, 3.8) is 0 Å². The molecule has 190 valence electrons. The second-order valence-electron chi connectivity index (χ2n) is 11.3. The molecule has 0 fully saturated rings. The van der Waals surface area contributed by atoms with Gasteiger partial charge in [0.15, 0.2) is 0 Å². The standard InChI is InChI=1S/C38H28N2/c1-38(2)34-14-5-3-10-30(34)31-21-20-27(23-35(31)38)25-16-18-26(19-17-25)29-12-7-13-33-32-11-4-6-15-36(32)40(37(29)33)28-9-8-22-39-24-28/h3-24H,1-2H3. The Labute approximate surface area is 234 Å². The van der Waals surface area contributed by atoms with Gasteiger partial charge in [-0.15, -0.1) is 0 Å². The van der Waals surface area contributed by atoms with Crippen molar-refractivity contribution in [1.82, 2.24) is 9.55 Å². The third-order valence-corrected chi connectivity index (χ3v) is 8.71. The zero-order valence-electron chi connectivity index (χ0n) is 22.6. The van der Waals surface area contributed by atoms with Crippen LogP contribution in [0.25, 0.3) is 60.9 Å². The van der Waals surface area contributed by atoms with Crippen molar-refractivity contribution in [3.05, 3.63) is 145 Å². The summed E-state index contributed by atoms with van der Waals surface area (Å²) in [6.07, 6.45) is 3.77. The van der Waals surface area contributed by atoms with Crippen molar-refractivity contribution in [2.45, 2.75) is 19.3 Å². The first-order valence-electron chi connectivity index (χ1n) is 13.9. The van der Waals surface area contributed by atoms with E-state index in [0.717, 1.165) is 5.69 Å². The molecule has 0 atom stereocenters. The molecule has 8 rings (SSSR count). The van der Waals surface area contributed by atoms with Crippen LogP contribution in [0.15, 0.2) is 134 Å². The lowest BCUT2D eigenvalue weighted by molar-refractivity contribution is 0.660. The topological polar surface area (TPSA) is 17.8 Å². The van der Waals surface area contributed by atoms with E-state index in [2.05, 4.69) is 139 Å². The average molecular weight is 513 g/mol. The highest BCUT2D eigenvalue weighted by Crippen LogP contribution is 2.49. The molecule has 0 aliphatic heterocycles. The number of benzene rings is 5. The summed E-state index contributed by atoms with van der Waals surface area (Å²) in [4.78, 5) is 4.43. The number of hydrogen-bond donors (Lipinski definition) is 0. The molecular weight excluding hydrogens is 484 g/mol. The first-order chi connectivity index (χ1) is 19.6. The number of fused-ring (bicyclic) bond motifs is 6. The van der Waals surface area contributed by atoms with Crippen LogP contribution in [0.3, 0.4) is 0 Å². The minimum atomic E-state index is -0.00275. The van der Waals surface area contributed by atoms with Gasteiger partial charge >= 0.3 is 0 Å². The van der Waals surface area contributed by atoms with E-state index in [0.29, 0.717) is 0 Å². The van der Waals surface area contributed by atoms with E-state index in [1.54, 1.807) is 0 Å². The van der Waals surface area contributed by atoms with Gasteiger partial charge in [-0.25, -0.2) is 0 Å². The summed E-state index contributed by atoms with van der Waals surface area (Å²) in [6, 6.07) is 44.3. The molecule has 0 N–H and O–H groups in total. The normalized spacial score (nSPS) is 13.4. The molecule has 40 heavy (non-hydrogen) atoms. The Kier molecular flexibility index (Phi) is 4.90. The van der Waals surface area contributed by atoms with Crippen LogP contribution in [0.1, 0.15) is 25.0 Å². The number of hydrogen-bond acceptors (Lipinski definition) is 1. The molecule has 2 heteroatoms. The zero-order valence-corrected chi connectivity index (χ0v) is 22.6. The van der Waals surface area contributed by atoms with E-state index in [9.17, 15) is 0 Å². The van der Waals surface area contributed by atoms with Gasteiger partial charge in [-0.1, -0.05) is 111 Å². The lowest BCUT2D eigenvalue weighted by Crippen LogP contribution is -2.14. The van der Waals surface area contributed by atoms with Crippen molar-refractivity contribution >= 4 is 21.8 Å². The number of nitrogens with zero attached hydrogens (tertiary/aromatic N) is 2. The van der Waals surface area contributed by atoms with Crippen molar-refractivity contribution in [2.24, 2.45) is 0 Å². The highest BCUT2D eigenvalue weighted by Gasteiger charge is 2.35. The Morgan fingerprint density at radius 1 is 0.550 bits per heavy atom. The fraction of sp³-hybridized carbons (Fsp3) is 0.0789. The molecule has 7 aromatic rings. The van der Waals surface area contributed by atoms with Crippen LogP contribution in [0.5, 0.6) is 0 Å². The maximum Gasteiger partial charge on any atom is 0.0645 e. The number of rotatable bonds is 3. The molecule has 5 aromatic carbocycles. The number of aromatic nitrogens is 2. The highest BCUT2D eigenvalue weighted by atomic mass is 15.0. The summed E-state index contributed by atoms with van der Waals surface area (Å²) in [7, 11) is 0. The predicted molar refractivity (Wildman–Crippen MR) is 167 cm³/mol. The molecule has 0 radical (unpaired) electrons. The lowest BCUT2D eigenvalue weighted by Gasteiger charge is -2.22. The quantitative estimate of drug-likeness (QED) is 0.230. The van der Waals surface area contributed by atoms with Crippen molar-refractivity contribution < 1.29 is 0 Å². The van der Waals surface area contributed by atoms with Gasteiger partial charge in [-0.05, 0) is 63.2 Å². The Balaban J connectivity index is 1.26. The van der Waals surface area contributed by atoms with Gasteiger partial charge in [0.05, 0.1) is 22.9 Å². The summed E-state index contributed by atoms with van der Waals surface area (Å²) < 4.78 is 2.35. The molecule has 2 aromatic heterocycles. The van der Waals surface area contributed by atoms with Crippen LogP contribution < -0.4 is 0 Å². The second kappa shape index (κ2) is 8.53. The van der Waals surface area contributed by atoms with Gasteiger partial charge in [0.1, 0.15) is 0 Å². The summed E-state index contributed by atoms with van der Waals surface area (Å²) >= 11 is 0. The van der Waals surface area contributed by atoms with Crippen molar-refractivity contribution in [1.29, 1.82) is 0 Å². The molecule has 0 saturated carbocycles. The molecule has 2 nitrogen and oxygen atoms in total. The van der Waals surface area contributed by atoms with E-state index in [1.165, 1.54) is 66.3 Å². The SMILES string of the molecule is CC1(C)c2ccccc2-c2ccc(-c3ccc(-c4cccc5c6ccccc6n(-c6cccnc6)c45)cc3)cc21. The fourth-order valence-electron chi connectivity index (χ4n) is 6.73. The molecule has 0 saturated heterocycles. The van der Waals surface area contributed by atoms with E-state index < -0.39 is 0 Å². The average Bonchev–Trinajstić information content (AvgIpc) is 3.47. The zero-order chi connectivity index (χ0) is 26.8. The van der Waals surface area contributed by atoms with Gasteiger partial charge in [0.2, 0.25) is 0 Å². The summed E-state index contributed by atoms with van der Waals surface area (Å²) in [5.74, 6) is 0. The van der Waals surface area contributed by atoms with Gasteiger partial charge < -0.3 is 4.57 Å². The summed E-state index contributed by atoms with van der Waals surface area (Å²) in [5.41, 5.74) is 13.9. The van der Waals surface area contributed by atoms with Gasteiger partial charge in [0, 0.05) is 27.9 Å². The van der Waals surface area contributed by atoms with Crippen LogP contribution in [0.2, 0.25) is 0 Å². The first-order valence-corrected chi connectivity index (χ1v) is 13.9. The van der Waals surface area contributed by atoms with Crippen LogP contribution in [-0.2, 0) is 5.41 Å². The molecular formula is C38H28N2. The van der Waals surface area contributed by atoms with Crippen LogP contribution in [0, 0.1) is 0 Å². The van der Waals surface area contributed by atoms with Crippen molar-refractivity contribution in [2.75, 3.05) is 0 Å². The molecule has 1 aliphatic rings. The Bertz CT molecular complexity index is 2060. The van der Waals surface area contributed by atoms with Crippen molar-refractivity contribution in [3.8, 4) is 39.1 Å². The monoisotopic (exact) mass is 512 g/mol. The van der Waals surface area contributed by atoms with Crippen LogP contribution >= 0.6 is 0 Å². The number of para-hydroxylation sites is 2. The maximum atomic E-state index is 4.43. The summed E-state index contributed by atoms with van der Waals surface area (Å²) in [5, 5.41) is 2.50. The molecule has 0 spiro atoms. The smallest absolute Gasteiger partial charge is 0.0645 e. The third kappa shape index (κ3) is 3.26. The van der Waals surface area contributed by atoms with E-state index in [4.69, 9.17) is 0 Å². The minimum absolute atomic E-state index is 0.00275. The second-order valence-corrected chi connectivity index (χ2v) is 11.3. The molecule has 0 unspecified atom stereocenters. The Morgan fingerprint density at radius 2 is 1.25 bits per heavy atom. The van der Waals surface area contributed by atoms with E-state index in [1.807, 2.05) is 18.5 Å². The van der Waals surface area contributed by atoms with E-state index in [-0.39, 0.29) is 5.41 Å². The number of pyridine rings is 1.